The third-order valence-corrected chi connectivity index (χ3v) is 5.68. The van der Waals surface area contributed by atoms with E-state index in [1.165, 1.54) is 16.2 Å². The third-order valence-electron chi connectivity index (χ3n) is 4.25. The van der Waals surface area contributed by atoms with Crippen molar-refractivity contribution in [2.45, 2.75) is 20.4 Å². The highest BCUT2D eigenvalue weighted by molar-refractivity contribution is 7.18. The van der Waals surface area contributed by atoms with Gasteiger partial charge in [-0.25, -0.2) is 4.79 Å². The first-order valence-electron chi connectivity index (χ1n) is 9.01. The third kappa shape index (κ3) is 4.96. The molecule has 0 saturated carbocycles. The number of rotatable bonds is 6. The Morgan fingerprint density at radius 2 is 1.76 bits per heavy atom. The van der Waals surface area contributed by atoms with Gasteiger partial charge < -0.3 is 14.7 Å². The monoisotopic (exact) mass is 429 g/mol. The number of halogens is 1. The SMILES string of the molecule is CC(C)C(=O)N(Cc1ccccc1Cl)c1cc(-c2ccccc2)sc1OC(=O)O. The lowest BCUT2D eigenvalue weighted by Gasteiger charge is -2.25. The van der Waals surface area contributed by atoms with Gasteiger partial charge in [0.05, 0.1) is 12.2 Å². The van der Waals surface area contributed by atoms with E-state index in [1.54, 1.807) is 26.0 Å². The molecule has 1 N–H and O–H groups in total. The molecule has 2 aromatic carbocycles. The largest absolute Gasteiger partial charge is 0.512 e. The average Bonchev–Trinajstić information content (AvgIpc) is 3.10. The van der Waals surface area contributed by atoms with E-state index in [-0.39, 0.29) is 23.4 Å². The molecule has 3 rings (SSSR count). The number of carboxylic acid groups (broad SMARTS) is 1. The molecular formula is C22H20ClNO4S. The van der Waals surface area contributed by atoms with Crippen LogP contribution >= 0.6 is 22.9 Å². The molecule has 0 bridgehead atoms. The quantitative estimate of drug-likeness (QED) is 0.466. The van der Waals surface area contributed by atoms with Crippen LogP contribution in [0.3, 0.4) is 0 Å². The molecule has 0 saturated heterocycles. The highest BCUT2D eigenvalue weighted by atomic mass is 35.5. The highest BCUT2D eigenvalue weighted by Gasteiger charge is 2.27. The average molecular weight is 430 g/mol. The van der Waals surface area contributed by atoms with Gasteiger partial charge in [0.15, 0.2) is 0 Å². The number of hydrogen-bond acceptors (Lipinski definition) is 4. The standard InChI is InChI=1S/C22H20ClNO4S/c1-14(2)20(25)24(13-16-10-6-7-11-17(16)23)18-12-19(15-8-4-3-5-9-15)29-21(18)28-22(26)27/h3-12,14H,13H2,1-2H3,(H,26,27). The second-order valence-corrected chi connectivity index (χ2v) is 8.11. The van der Waals surface area contributed by atoms with Gasteiger partial charge in [-0.05, 0) is 23.3 Å². The van der Waals surface area contributed by atoms with Crippen LogP contribution < -0.4 is 9.64 Å². The first-order chi connectivity index (χ1) is 13.9. The van der Waals surface area contributed by atoms with Crippen LogP contribution in [0.2, 0.25) is 5.02 Å². The molecule has 3 aromatic rings. The van der Waals surface area contributed by atoms with Crippen molar-refractivity contribution in [2.24, 2.45) is 5.92 Å². The zero-order valence-corrected chi connectivity index (χ0v) is 17.5. The summed E-state index contributed by atoms with van der Waals surface area (Å²) in [4.78, 5) is 26.6. The van der Waals surface area contributed by atoms with Gasteiger partial charge >= 0.3 is 6.16 Å². The molecule has 0 unspecified atom stereocenters. The molecule has 0 spiro atoms. The molecular weight excluding hydrogens is 410 g/mol. The number of benzene rings is 2. The van der Waals surface area contributed by atoms with Crippen LogP contribution in [-0.2, 0) is 11.3 Å². The number of ether oxygens (including phenoxy) is 1. The second-order valence-electron chi connectivity index (χ2n) is 6.69. The smallest absolute Gasteiger partial charge is 0.449 e. The number of hydrogen-bond donors (Lipinski definition) is 1. The van der Waals surface area contributed by atoms with Gasteiger partial charge in [-0.15, -0.1) is 0 Å². The molecule has 0 radical (unpaired) electrons. The Bertz CT molecular complexity index is 1020. The topological polar surface area (TPSA) is 66.8 Å². The minimum atomic E-state index is -1.43. The van der Waals surface area contributed by atoms with Crippen molar-refractivity contribution in [3.05, 3.63) is 71.2 Å². The van der Waals surface area contributed by atoms with Crippen molar-refractivity contribution in [3.63, 3.8) is 0 Å². The number of amides is 1. The summed E-state index contributed by atoms with van der Waals surface area (Å²) < 4.78 is 5.03. The van der Waals surface area contributed by atoms with Crippen molar-refractivity contribution in [1.29, 1.82) is 0 Å². The maximum atomic E-state index is 13.0. The molecule has 1 heterocycles. The summed E-state index contributed by atoms with van der Waals surface area (Å²) in [6.07, 6.45) is -1.43. The summed E-state index contributed by atoms with van der Waals surface area (Å²) in [5, 5.41) is 9.88. The molecule has 0 fully saturated rings. The van der Waals surface area contributed by atoms with Crippen molar-refractivity contribution in [2.75, 3.05) is 4.90 Å². The predicted octanol–water partition coefficient (Wildman–Crippen LogP) is 6.31. The zero-order valence-electron chi connectivity index (χ0n) is 16.0. The van der Waals surface area contributed by atoms with E-state index in [1.807, 2.05) is 48.5 Å². The van der Waals surface area contributed by atoms with Gasteiger partial charge in [-0.1, -0.05) is 85.3 Å². The van der Waals surface area contributed by atoms with E-state index in [4.69, 9.17) is 16.3 Å². The lowest BCUT2D eigenvalue weighted by atomic mass is 10.1. The Hall–Kier alpha value is -2.83. The maximum absolute atomic E-state index is 13.0. The highest BCUT2D eigenvalue weighted by Crippen LogP contribution is 2.44. The van der Waals surface area contributed by atoms with E-state index >= 15 is 0 Å². The fourth-order valence-electron chi connectivity index (χ4n) is 2.84. The van der Waals surface area contributed by atoms with Gasteiger partial charge in [0.2, 0.25) is 11.0 Å². The Labute approximate surface area is 178 Å². The number of thiophene rings is 1. The molecule has 1 amide bonds. The summed E-state index contributed by atoms with van der Waals surface area (Å²) >= 11 is 7.49. The minimum Gasteiger partial charge on any atom is -0.449 e. The maximum Gasteiger partial charge on any atom is 0.512 e. The summed E-state index contributed by atoms with van der Waals surface area (Å²) in [7, 11) is 0. The second kappa shape index (κ2) is 9.11. The van der Waals surface area contributed by atoms with Crippen LogP contribution in [0.5, 0.6) is 5.06 Å². The first-order valence-corrected chi connectivity index (χ1v) is 10.2. The van der Waals surface area contributed by atoms with Crippen LogP contribution in [0.4, 0.5) is 10.5 Å². The summed E-state index contributed by atoms with van der Waals surface area (Å²) in [6.45, 7) is 3.80. The summed E-state index contributed by atoms with van der Waals surface area (Å²) in [5.74, 6) is -0.451. The van der Waals surface area contributed by atoms with Gasteiger partial charge in [-0.2, -0.15) is 0 Å². The van der Waals surface area contributed by atoms with Crippen LogP contribution in [0.1, 0.15) is 19.4 Å². The van der Waals surface area contributed by atoms with Crippen LogP contribution in [-0.4, -0.2) is 17.2 Å². The molecule has 0 aliphatic carbocycles. The Morgan fingerprint density at radius 1 is 1.10 bits per heavy atom. The van der Waals surface area contributed by atoms with Crippen LogP contribution in [0.15, 0.2) is 60.7 Å². The lowest BCUT2D eigenvalue weighted by molar-refractivity contribution is -0.121. The molecule has 0 aliphatic heterocycles. The molecule has 29 heavy (non-hydrogen) atoms. The zero-order chi connectivity index (χ0) is 21.0. The van der Waals surface area contributed by atoms with E-state index in [0.717, 1.165) is 16.0 Å². The van der Waals surface area contributed by atoms with E-state index < -0.39 is 6.16 Å². The summed E-state index contributed by atoms with van der Waals surface area (Å²) in [5.41, 5.74) is 2.08. The minimum absolute atomic E-state index is 0.150. The fourth-order valence-corrected chi connectivity index (χ4v) is 4.05. The van der Waals surface area contributed by atoms with Crippen molar-refractivity contribution in [3.8, 4) is 15.5 Å². The molecule has 0 atom stereocenters. The number of carbonyl (C=O) groups excluding carboxylic acids is 1. The number of carbonyl (C=O) groups is 2. The Morgan fingerprint density at radius 3 is 2.38 bits per heavy atom. The van der Waals surface area contributed by atoms with Crippen molar-refractivity contribution in [1.82, 2.24) is 0 Å². The Balaban J connectivity index is 2.10. The number of nitrogens with zero attached hydrogens (tertiary/aromatic N) is 1. The molecule has 7 heteroatoms. The molecule has 5 nitrogen and oxygen atoms in total. The molecule has 150 valence electrons. The van der Waals surface area contributed by atoms with Gasteiger partial charge in [-0.3, -0.25) is 4.79 Å². The number of anilines is 1. The first kappa shape index (κ1) is 20.9. The predicted molar refractivity (Wildman–Crippen MR) is 116 cm³/mol. The van der Waals surface area contributed by atoms with Crippen LogP contribution in [0, 0.1) is 5.92 Å². The van der Waals surface area contributed by atoms with E-state index in [9.17, 15) is 14.7 Å². The molecule has 1 aromatic heterocycles. The van der Waals surface area contributed by atoms with Gasteiger partial charge in [0, 0.05) is 15.8 Å². The lowest BCUT2D eigenvalue weighted by Crippen LogP contribution is -2.34. The van der Waals surface area contributed by atoms with Crippen LogP contribution in [0.25, 0.3) is 10.4 Å². The van der Waals surface area contributed by atoms with Gasteiger partial charge in [0.1, 0.15) is 0 Å². The Kier molecular flexibility index (Phi) is 6.56. The fraction of sp³-hybridized carbons (Fsp3) is 0.182. The van der Waals surface area contributed by atoms with Crippen molar-refractivity contribution >= 4 is 40.7 Å². The van der Waals surface area contributed by atoms with Gasteiger partial charge in [0.25, 0.3) is 0 Å². The summed E-state index contributed by atoms with van der Waals surface area (Å²) in [6, 6.07) is 18.6. The van der Waals surface area contributed by atoms with Crippen molar-refractivity contribution < 1.29 is 19.4 Å². The van der Waals surface area contributed by atoms with E-state index in [2.05, 4.69) is 0 Å². The molecule has 0 aliphatic rings. The van der Waals surface area contributed by atoms with E-state index in [0.29, 0.717) is 10.7 Å². The normalized spacial score (nSPS) is 10.8.